The standard InChI is InChI=1S/C16H10Cl2F2N4O3S/c1-8-15(21-23-24(8)14-5-2-9(19)6-12(14)18)16(25)22-28(26,27)10-3-4-13(20)11(17)7-10/h2-7H,1H3,(H,22,25). The normalized spacial score (nSPS) is 11.5. The number of hydrogen-bond donors (Lipinski definition) is 1. The second-order valence-electron chi connectivity index (χ2n) is 5.54. The van der Waals surface area contributed by atoms with E-state index in [0.717, 1.165) is 35.0 Å². The van der Waals surface area contributed by atoms with Crippen molar-refractivity contribution >= 4 is 39.1 Å². The second kappa shape index (κ2) is 7.46. The number of aromatic nitrogens is 3. The lowest BCUT2D eigenvalue weighted by molar-refractivity contribution is 0.0976. The number of halogens is 4. The lowest BCUT2D eigenvalue weighted by Gasteiger charge is -2.08. The summed E-state index contributed by atoms with van der Waals surface area (Å²) in [4.78, 5) is 12.0. The molecule has 0 radical (unpaired) electrons. The van der Waals surface area contributed by atoms with Crippen molar-refractivity contribution in [3.05, 3.63) is 69.5 Å². The molecule has 0 atom stereocenters. The van der Waals surface area contributed by atoms with Crippen LogP contribution in [0.5, 0.6) is 0 Å². The molecule has 0 unspecified atom stereocenters. The Hall–Kier alpha value is -2.56. The van der Waals surface area contributed by atoms with Gasteiger partial charge in [-0.3, -0.25) is 4.79 Å². The minimum Gasteiger partial charge on any atom is -0.266 e. The monoisotopic (exact) mass is 446 g/mol. The highest BCUT2D eigenvalue weighted by molar-refractivity contribution is 7.90. The van der Waals surface area contributed by atoms with E-state index in [2.05, 4.69) is 10.3 Å². The average molecular weight is 447 g/mol. The number of rotatable bonds is 4. The minimum atomic E-state index is -4.34. The van der Waals surface area contributed by atoms with Crippen LogP contribution in [-0.2, 0) is 10.0 Å². The number of nitrogens with zero attached hydrogens (tertiary/aromatic N) is 3. The van der Waals surface area contributed by atoms with E-state index in [1.807, 2.05) is 4.72 Å². The van der Waals surface area contributed by atoms with Gasteiger partial charge in [-0.2, -0.15) is 0 Å². The van der Waals surface area contributed by atoms with E-state index in [9.17, 15) is 22.0 Å². The molecule has 0 bridgehead atoms. The third-order valence-electron chi connectivity index (χ3n) is 3.68. The van der Waals surface area contributed by atoms with Gasteiger partial charge in [0.1, 0.15) is 11.6 Å². The van der Waals surface area contributed by atoms with Gasteiger partial charge in [0, 0.05) is 0 Å². The first kappa shape index (κ1) is 20.2. The molecule has 28 heavy (non-hydrogen) atoms. The van der Waals surface area contributed by atoms with Gasteiger partial charge in [-0.25, -0.2) is 26.6 Å². The molecule has 3 rings (SSSR count). The Labute approximate surface area is 167 Å². The summed E-state index contributed by atoms with van der Waals surface area (Å²) in [7, 11) is -4.34. The molecule has 1 amide bonds. The largest absolute Gasteiger partial charge is 0.287 e. The summed E-state index contributed by atoms with van der Waals surface area (Å²) >= 11 is 11.5. The third-order valence-corrected chi connectivity index (χ3v) is 5.60. The molecule has 0 spiro atoms. The molecule has 2 aromatic carbocycles. The molecule has 0 aliphatic rings. The predicted octanol–water partition coefficient (Wildman–Crippen LogP) is 3.28. The summed E-state index contributed by atoms with van der Waals surface area (Å²) in [5, 5.41) is 7.03. The minimum absolute atomic E-state index is 0.0218. The van der Waals surface area contributed by atoms with Crippen LogP contribution in [0, 0.1) is 18.6 Å². The average Bonchev–Trinajstić information content (AvgIpc) is 2.98. The van der Waals surface area contributed by atoms with Gasteiger partial charge in [0.25, 0.3) is 15.9 Å². The molecular weight excluding hydrogens is 437 g/mol. The summed E-state index contributed by atoms with van der Waals surface area (Å²) in [5.74, 6) is -2.43. The van der Waals surface area contributed by atoms with E-state index in [0.29, 0.717) is 0 Å². The number of carbonyl (C=O) groups excluding carboxylic acids is 1. The number of amides is 1. The van der Waals surface area contributed by atoms with Crippen molar-refractivity contribution in [2.45, 2.75) is 11.8 Å². The molecule has 7 nitrogen and oxygen atoms in total. The van der Waals surface area contributed by atoms with Crippen LogP contribution in [0.2, 0.25) is 10.0 Å². The number of hydrogen-bond acceptors (Lipinski definition) is 5. The molecule has 0 saturated carbocycles. The smallest absolute Gasteiger partial charge is 0.266 e. The molecule has 1 aromatic heterocycles. The molecule has 0 aliphatic heterocycles. The molecule has 1 heterocycles. The van der Waals surface area contributed by atoms with Crippen LogP contribution in [0.1, 0.15) is 16.2 Å². The fourth-order valence-electron chi connectivity index (χ4n) is 2.29. The maximum Gasteiger partial charge on any atom is 0.287 e. The van der Waals surface area contributed by atoms with Crippen LogP contribution in [0.4, 0.5) is 8.78 Å². The maximum atomic E-state index is 13.2. The van der Waals surface area contributed by atoms with Crippen molar-refractivity contribution in [1.82, 2.24) is 19.7 Å². The van der Waals surface area contributed by atoms with Gasteiger partial charge in [0.05, 0.1) is 26.3 Å². The molecule has 3 aromatic rings. The Morgan fingerprint density at radius 2 is 1.82 bits per heavy atom. The molecular formula is C16H10Cl2F2N4O3S. The fraction of sp³-hybridized carbons (Fsp3) is 0.0625. The van der Waals surface area contributed by atoms with Crippen molar-refractivity contribution in [1.29, 1.82) is 0 Å². The first-order chi connectivity index (χ1) is 13.1. The van der Waals surface area contributed by atoms with Crippen LogP contribution < -0.4 is 4.72 Å². The highest BCUT2D eigenvalue weighted by atomic mass is 35.5. The molecule has 1 N–H and O–H groups in total. The van der Waals surface area contributed by atoms with E-state index in [1.54, 1.807) is 0 Å². The number of carbonyl (C=O) groups is 1. The first-order valence-electron chi connectivity index (χ1n) is 7.50. The molecule has 12 heteroatoms. The lowest BCUT2D eigenvalue weighted by Crippen LogP contribution is -2.31. The highest BCUT2D eigenvalue weighted by Gasteiger charge is 2.25. The van der Waals surface area contributed by atoms with Crippen molar-refractivity contribution in [3.63, 3.8) is 0 Å². The lowest BCUT2D eigenvalue weighted by atomic mass is 10.3. The number of benzene rings is 2. The van der Waals surface area contributed by atoms with Gasteiger partial charge < -0.3 is 0 Å². The third kappa shape index (κ3) is 3.84. The summed E-state index contributed by atoms with van der Waals surface area (Å²) in [6.07, 6.45) is 0. The summed E-state index contributed by atoms with van der Waals surface area (Å²) in [5.41, 5.74) is 0.121. The maximum absolute atomic E-state index is 13.2. The van der Waals surface area contributed by atoms with Gasteiger partial charge in [-0.05, 0) is 43.3 Å². The molecule has 146 valence electrons. The van der Waals surface area contributed by atoms with Crippen LogP contribution in [0.25, 0.3) is 5.69 Å². The zero-order chi connectivity index (χ0) is 20.6. The van der Waals surface area contributed by atoms with Crippen LogP contribution in [-0.4, -0.2) is 29.3 Å². The Balaban J connectivity index is 1.91. The Kier molecular flexibility index (Phi) is 5.37. The quantitative estimate of drug-likeness (QED) is 0.663. The molecule has 0 aliphatic carbocycles. The van der Waals surface area contributed by atoms with Gasteiger partial charge in [-0.15, -0.1) is 5.10 Å². The zero-order valence-electron chi connectivity index (χ0n) is 14.0. The van der Waals surface area contributed by atoms with Gasteiger partial charge in [0.15, 0.2) is 5.69 Å². The highest BCUT2D eigenvalue weighted by Crippen LogP contribution is 2.23. The van der Waals surface area contributed by atoms with Crippen molar-refractivity contribution in [2.75, 3.05) is 0 Å². The summed E-state index contributed by atoms with van der Waals surface area (Å²) in [6.45, 7) is 1.45. The van der Waals surface area contributed by atoms with E-state index < -0.39 is 37.5 Å². The summed E-state index contributed by atoms with van der Waals surface area (Å²) < 4.78 is 54.1. The SMILES string of the molecule is Cc1c(C(=O)NS(=O)(=O)c2ccc(F)c(Cl)c2)nnn1-c1ccc(F)cc1Cl. The van der Waals surface area contributed by atoms with Crippen LogP contribution in [0.3, 0.4) is 0 Å². The summed E-state index contributed by atoms with van der Waals surface area (Å²) in [6, 6.07) is 6.22. The molecule has 0 fully saturated rings. The Morgan fingerprint density at radius 3 is 2.46 bits per heavy atom. The van der Waals surface area contributed by atoms with E-state index in [4.69, 9.17) is 23.2 Å². The van der Waals surface area contributed by atoms with Crippen LogP contribution >= 0.6 is 23.2 Å². The second-order valence-corrected chi connectivity index (χ2v) is 8.04. The zero-order valence-corrected chi connectivity index (χ0v) is 16.3. The Morgan fingerprint density at radius 1 is 1.11 bits per heavy atom. The van der Waals surface area contributed by atoms with E-state index >= 15 is 0 Å². The van der Waals surface area contributed by atoms with Crippen LogP contribution in [0.15, 0.2) is 41.3 Å². The first-order valence-corrected chi connectivity index (χ1v) is 9.74. The molecule has 0 saturated heterocycles. The number of nitrogens with one attached hydrogen (secondary N) is 1. The van der Waals surface area contributed by atoms with E-state index in [-0.39, 0.29) is 22.1 Å². The van der Waals surface area contributed by atoms with Crippen molar-refractivity contribution in [2.24, 2.45) is 0 Å². The van der Waals surface area contributed by atoms with Crippen molar-refractivity contribution in [3.8, 4) is 5.69 Å². The Bertz CT molecular complexity index is 1200. The fourth-order valence-corrected chi connectivity index (χ4v) is 3.77. The van der Waals surface area contributed by atoms with Gasteiger partial charge in [-0.1, -0.05) is 28.4 Å². The number of sulfonamides is 1. The van der Waals surface area contributed by atoms with Gasteiger partial charge >= 0.3 is 0 Å². The predicted molar refractivity (Wildman–Crippen MR) is 97.1 cm³/mol. The van der Waals surface area contributed by atoms with E-state index in [1.165, 1.54) is 13.0 Å². The van der Waals surface area contributed by atoms with Gasteiger partial charge in [0.2, 0.25) is 0 Å². The van der Waals surface area contributed by atoms with Crippen molar-refractivity contribution < 1.29 is 22.0 Å². The topological polar surface area (TPSA) is 93.9 Å².